The first kappa shape index (κ1) is 15.0. The Morgan fingerprint density at radius 3 is 3.17 bits per heavy atom. The van der Waals surface area contributed by atoms with Crippen LogP contribution in [0.5, 0.6) is 0 Å². The van der Waals surface area contributed by atoms with E-state index >= 15 is 0 Å². The van der Waals surface area contributed by atoms with Crippen molar-refractivity contribution in [2.24, 2.45) is 5.73 Å². The molecule has 0 saturated carbocycles. The van der Waals surface area contributed by atoms with Crippen molar-refractivity contribution in [2.75, 3.05) is 32.3 Å². The second kappa shape index (κ2) is 8.12. The Morgan fingerprint density at radius 2 is 2.50 bits per heavy atom. The Bertz CT molecular complexity index is 370. The van der Waals surface area contributed by atoms with Gasteiger partial charge in [-0.25, -0.2) is 4.98 Å². The molecule has 0 aliphatic carbocycles. The highest BCUT2D eigenvalue weighted by Crippen LogP contribution is 2.15. The maximum atomic E-state index is 11.6. The molecule has 3 N–H and O–H groups in total. The number of methoxy groups -OCH3 is 1. The maximum absolute atomic E-state index is 11.6. The molecule has 0 aliphatic rings. The summed E-state index contributed by atoms with van der Waals surface area (Å²) in [5.74, 6) is 1.05. The van der Waals surface area contributed by atoms with Crippen LogP contribution in [0.25, 0.3) is 0 Å². The van der Waals surface area contributed by atoms with Crippen LogP contribution in [0.1, 0.15) is 28.8 Å². The highest BCUT2D eigenvalue weighted by Gasteiger charge is 2.16. The third kappa shape index (κ3) is 4.67. The standard InChI is InChI=1S/C11H19N3O3S/c1-16-5-4-13-10(15)9-7-17-11(14-9)8(12)3-6-18-2/h7-8H,3-6,12H2,1-2H3,(H,13,15). The van der Waals surface area contributed by atoms with Crippen molar-refractivity contribution in [1.29, 1.82) is 0 Å². The minimum Gasteiger partial charge on any atom is -0.446 e. The molecule has 1 rings (SSSR count). The maximum Gasteiger partial charge on any atom is 0.273 e. The van der Waals surface area contributed by atoms with Gasteiger partial charge in [-0.15, -0.1) is 0 Å². The first-order valence-corrected chi connectivity index (χ1v) is 7.05. The smallest absolute Gasteiger partial charge is 0.273 e. The zero-order valence-corrected chi connectivity index (χ0v) is 11.5. The van der Waals surface area contributed by atoms with Crippen molar-refractivity contribution in [3.05, 3.63) is 17.8 Å². The summed E-state index contributed by atoms with van der Waals surface area (Å²) in [5, 5.41) is 2.66. The van der Waals surface area contributed by atoms with Gasteiger partial charge >= 0.3 is 0 Å². The topological polar surface area (TPSA) is 90.4 Å². The molecular weight excluding hydrogens is 254 g/mol. The highest BCUT2D eigenvalue weighted by molar-refractivity contribution is 7.98. The van der Waals surface area contributed by atoms with Crippen LogP contribution in [0.3, 0.4) is 0 Å². The van der Waals surface area contributed by atoms with Crippen LogP contribution in [0.2, 0.25) is 0 Å². The van der Waals surface area contributed by atoms with Gasteiger partial charge in [0.2, 0.25) is 5.89 Å². The van der Waals surface area contributed by atoms with Crippen LogP contribution in [0.4, 0.5) is 0 Å². The molecule has 1 aromatic rings. The number of carbonyl (C=O) groups is 1. The van der Waals surface area contributed by atoms with Gasteiger partial charge in [-0.05, 0) is 18.4 Å². The molecule has 102 valence electrons. The third-order valence-electron chi connectivity index (χ3n) is 2.30. The van der Waals surface area contributed by atoms with Crippen molar-refractivity contribution in [3.63, 3.8) is 0 Å². The molecular formula is C11H19N3O3S. The quantitative estimate of drug-likeness (QED) is 0.681. The van der Waals surface area contributed by atoms with Gasteiger partial charge in [0.1, 0.15) is 6.26 Å². The molecule has 1 amide bonds. The molecule has 0 saturated heterocycles. The summed E-state index contributed by atoms with van der Waals surface area (Å²) in [6.07, 6.45) is 4.11. The highest BCUT2D eigenvalue weighted by atomic mass is 32.2. The van der Waals surface area contributed by atoms with Gasteiger partial charge in [0, 0.05) is 13.7 Å². The second-order valence-corrected chi connectivity index (χ2v) is 4.69. The number of carbonyl (C=O) groups excluding carboxylic acids is 1. The van der Waals surface area contributed by atoms with Crippen LogP contribution in [-0.4, -0.2) is 43.2 Å². The molecule has 1 aromatic heterocycles. The van der Waals surface area contributed by atoms with E-state index in [1.807, 2.05) is 6.26 Å². The van der Waals surface area contributed by atoms with Gasteiger partial charge in [-0.3, -0.25) is 4.79 Å². The number of aromatic nitrogens is 1. The summed E-state index contributed by atoms with van der Waals surface area (Å²) in [6, 6.07) is -0.266. The Hall–Kier alpha value is -1.05. The fourth-order valence-corrected chi connectivity index (χ4v) is 1.78. The van der Waals surface area contributed by atoms with Crippen LogP contribution >= 0.6 is 11.8 Å². The van der Waals surface area contributed by atoms with E-state index in [0.29, 0.717) is 19.0 Å². The molecule has 18 heavy (non-hydrogen) atoms. The minimum absolute atomic E-state index is 0.251. The van der Waals surface area contributed by atoms with Gasteiger partial charge in [0.05, 0.1) is 12.6 Å². The van der Waals surface area contributed by atoms with Crippen LogP contribution < -0.4 is 11.1 Å². The number of ether oxygens (including phenoxy) is 1. The van der Waals surface area contributed by atoms with E-state index in [2.05, 4.69) is 10.3 Å². The van der Waals surface area contributed by atoms with Crippen molar-refractivity contribution >= 4 is 17.7 Å². The molecule has 1 heterocycles. The third-order valence-corrected chi connectivity index (χ3v) is 2.94. The van der Waals surface area contributed by atoms with Crippen molar-refractivity contribution < 1.29 is 13.9 Å². The lowest BCUT2D eigenvalue weighted by molar-refractivity contribution is 0.0932. The number of oxazole rings is 1. The van der Waals surface area contributed by atoms with Gasteiger partial charge in [0.25, 0.3) is 5.91 Å². The number of rotatable bonds is 8. The van der Waals surface area contributed by atoms with E-state index in [1.54, 1.807) is 18.9 Å². The number of nitrogens with one attached hydrogen (secondary N) is 1. The van der Waals surface area contributed by atoms with Crippen LogP contribution in [0, 0.1) is 0 Å². The number of nitrogens with zero attached hydrogens (tertiary/aromatic N) is 1. The summed E-state index contributed by atoms with van der Waals surface area (Å²) >= 11 is 1.71. The lowest BCUT2D eigenvalue weighted by atomic mass is 10.2. The fraction of sp³-hybridized carbons (Fsp3) is 0.636. The van der Waals surface area contributed by atoms with E-state index in [0.717, 1.165) is 12.2 Å². The van der Waals surface area contributed by atoms with Gasteiger partial charge in [-0.1, -0.05) is 0 Å². The average molecular weight is 273 g/mol. The summed E-state index contributed by atoms with van der Waals surface area (Å²) < 4.78 is 10.0. The zero-order chi connectivity index (χ0) is 13.4. The number of nitrogens with two attached hydrogens (primary N) is 1. The molecule has 0 fully saturated rings. The lowest BCUT2D eigenvalue weighted by Gasteiger charge is -2.05. The van der Waals surface area contributed by atoms with E-state index in [1.165, 1.54) is 6.26 Å². The molecule has 6 nitrogen and oxygen atoms in total. The largest absolute Gasteiger partial charge is 0.446 e. The Labute approximate surface area is 111 Å². The zero-order valence-electron chi connectivity index (χ0n) is 10.6. The van der Waals surface area contributed by atoms with E-state index in [4.69, 9.17) is 14.9 Å². The van der Waals surface area contributed by atoms with Crippen molar-refractivity contribution in [1.82, 2.24) is 10.3 Å². The second-order valence-electron chi connectivity index (χ2n) is 3.71. The molecule has 0 aliphatic heterocycles. The Balaban J connectivity index is 2.48. The number of hydrogen-bond acceptors (Lipinski definition) is 6. The van der Waals surface area contributed by atoms with Crippen LogP contribution in [0.15, 0.2) is 10.7 Å². The normalized spacial score (nSPS) is 12.4. The molecule has 1 atom stereocenters. The predicted molar refractivity (Wildman–Crippen MR) is 70.6 cm³/mol. The minimum atomic E-state index is -0.279. The van der Waals surface area contributed by atoms with Gasteiger partial charge in [0.15, 0.2) is 5.69 Å². The van der Waals surface area contributed by atoms with E-state index in [-0.39, 0.29) is 17.6 Å². The van der Waals surface area contributed by atoms with Crippen LogP contribution in [-0.2, 0) is 4.74 Å². The van der Waals surface area contributed by atoms with Crippen molar-refractivity contribution in [3.8, 4) is 0 Å². The molecule has 0 spiro atoms. The molecule has 0 radical (unpaired) electrons. The molecule has 0 bridgehead atoms. The monoisotopic (exact) mass is 273 g/mol. The lowest BCUT2D eigenvalue weighted by Crippen LogP contribution is -2.27. The Kier molecular flexibility index (Phi) is 6.77. The Morgan fingerprint density at radius 1 is 1.72 bits per heavy atom. The number of hydrogen-bond donors (Lipinski definition) is 2. The summed E-state index contributed by atoms with van der Waals surface area (Å²) in [7, 11) is 1.57. The fourth-order valence-electron chi connectivity index (χ4n) is 1.29. The first-order chi connectivity index (χ1) is 8.69. The molecule has 1 unspecified atom stereocenters. The number of thioether (sulfide) groups is 1. The van der Waals surface area contributed by atoms with Crippen molar-refractivity contribution in [2.45, 2.75) is 12.5 Å². The summed E-state index contributed by atoms with van der Waals surface area (Å²) in [5.41, 5.74) is 6.15. The summed E-state index contributed by atoms with van der Waals surface area (Å²) in [4.78, 5) is 15.7. The SMILES string of the molecule is COCCNC(=O)c1coc(C(N)CCSC)n1. The van der Waals surface area contributed by atoms with E-state index in [9.17, 15) is 4.79 Å². The predicted octanol–water partition coefficient (Wildman–Crippen LogP) is 0.804. The molecule has 0 aromatic carbocycles. The van der Waals surface area contributed by atoms with Gasteiger partial charge < -0.3 is 20.2 Å². The number of amides is 1. The first-order valence-electron chi connectivity index (χ1n) is 5.66. The average Bonchev–Trinajstić information content (AvgIpc) is 2.85. The molecule has 7 heteroatoms. The van der Waals surface area contributed by atoms with Gasteiger partial charge in [-0.2, -0.15) is 11.8 Å². The summed E-state index contributed by atoms with van der Waals surface area (Å²) in [6.45, 7) is 0.903. The van der Waals surface area contributed by atoms with E-state index < -0.39 is 0 Å².